The van der Waals surface area contributed by atoms with Gasteiger partial charge >= 0.3 is 0 Å². The van der Waals surface area contributed by atoms with Crippen molar-refractivity contribution in [3.05, 3.63) is 0 Å². The molecule has 0 aliphatic rings. The Morgan fingerprint density at radius 2 is 2.57 bits per heavy atom. The second-order valence-corrected chi connectivity index (χ2v) is 1.18. The molecule has 0 aromatic carbocycles. The SMILES string of the molecule is CC=NOC(N)=S. The van der Waals surface area contributed by atoms with E-state index >= 15 is 0 Å². The zero-order valence-electron chi connectivity index (χ0n) is 3.92. The first-order valence-corrected chi connectivity index (χ1v) is 2.12. The lowest BCUT2D eigenvalue weighted by molar-refractivity contribution is 0.334. The van der Waals surface area contributed by atoms with Crippen LogP contribution in [-0.2, 0) is 4.84 Å². The van der Waals surface area contributed by atoms with Crippen LogP contribution in [0.15, 0.2) is 5.16 Å². The topological polar surface area (TPSA) is 47.6 Å². The van der Waals surface area contributed by atoms with Gasteiger partial charge in [-0.05, 0) is 19.1 Å². The van der Waals surface area contributed by atoms with Gasteiger partial charge < -0.3 is 10.6 Å². The minimum atomic E-state index is -0.0573. The largest absolute Gasteiger partial charge is 0.358 e. The lowest BCUT2D eigenvalue weighted by atomic mass is 10.9. The van der Waals surface area contributed by atoms with Crippen molar-refractivity contribution in [1.82, 2.24) is 0 Å². The van der Waals surface area contributed by atoms with Crippen LogP contribution in [0.25, 0.3) is 0 Å². The van der Waals surface area contributed by atoms with Gasteiger partial charge in [0.15, 0.2) is 0 Å². The summed E-state index contributed by atoms with van der Waals surface area (Å²) >= 11 is 4.30. The molecule has 0 aliphatic carbocycles. The first kappa shape index (κ1) is 6.36. The van der Waals surface area contributed by atoms with Crippen molar-refractivity contribution in [2.45, 2.75) is 6.92 Å². The highest BCUT2D eigenvalue weighted by molar-refractivity contribution is 7.79. The molecule has 0 rings (SSSR count). The molecule has 0 aliphatic heterocycles. The van der Waals surface area contributed by atoms with Crippen molar-refractivity contribution in [3.8, 4) is 0 Å². The number of nitrogens with zero attached hydrogens (tertiary/aromatic N) is 1. The maximum Gasteiger partial charge on any atom is 0.286 e. The lowest BCUT2D eigenvalue weighted by Crippen LogP contribution is -2.08. The van der Waals surface area contributed by atoms with Gasteiger partial charge in [0.25, 0.3) is 5.17 Å². The first-order chi connectivity index (χ1) is 3.27. The van der Waals surface area contributed by atoms with Gasteiger partial charge in [-0.25, -0.2) is 0 Å². The normalized spacial score (nSPS) is 9.29. The molecule has 0 bridgehead atoms. The molecule has 0 heterocycles. The van der Waals surface area contributed by atoms with E-state index in [-0.39, 0.29) is 5.17 Å². The molecule has 40 valence electrons. The number of rotatable bonds is 1. The molecule has 0 unspecified atom stereocenters. The van der Waals surface area contributed by atoms with Gasteiger partial charge in [-0.2, -0.15) is 0 Å². The minimum Gasteiger partial charge on any atom is -0.358 e. The van der Waals surface area contributed by atoms with Gasteiger partial charge in [0.05, 0.1) is 0 Å². The Morgan fingerprint density at radius 3 is 2.71 bits per heavy atom. The Kier molecular flexibility index (Phi) is 3.22. The highest BCUT2D eigenvalue weighted by atomic mass is 32.1. The molecule has 0 radical (unpaired) electrons. The van der Waals surface area contributed by atoms with E-state index in [2.05, 4.69) is 22.2 Å². The average Bonchev–Trinajstić information content (AvgIpc) is 1.61. The molecule has 0 spiro atoms. The highest BCUT2D eigenvalue weighted by Gasteiger charge is 1.76. The van der Waals surface area contributed by atoms with Crippen LogP contribution in [0.4, 0.5) is 0 Å². The Balaban J connectivity index is 3.14. The van der Waals surface area contributed by atoms with E-state index in [1.54, 1.807) is 6.92 Å². The number of hydrogen-bond acceptors (Lipinski definition) is 3. The lowest BCUT2D eigenvalue weighted by Gasteiger charge is -1.86. The van der Waals surface area contributed by atoms with Gasteiger partial charge in [-0.15, -0.1) is 0 Å². The van der Waals surface area contributed by atoms with Crippen LogP contribution >= 0.6 is 12.2 Å². The van der Waals surface area contributed by atoms with E-state index in [1.165, 1.54) is 6.21 Å². The molecule has 0 saturated heterocycles. The number of nitrogens with two attached hydrogens (primary N) is 1. The maximum absolute atomic E-state index is 4.87. The van der Waals surface area contributed by atoms with Crippen molar-refractivity contribution < 1.29 is 4.84 Å². The Bertz CT molecular complexity index is 90.9. The van der Waals surface area contributed by atoms with Crippen LogP contribution in [0, 0.1) is 0 Å². The first-order valence-electron chi connectivity index (χ1n) is 1.72. The summed E-state index contributed by atoms with van der Waals surface area (Å²) in [6, 6.07) is 0. The van der Waals surface area contributed by atoms with Crippen LogP contribution in [0.3, 0.4) is 0 Å². The van der Waals surface area contributed by atoms with E-state index in [0.29, 0.717) is 0 Å². The molecular formula is C3H6N2OS. The summed E-state index contributed by atoms with van der Waals surface area (Å²) in [5.74, 6) is 0. The third-order valence-electron chi connectivity index (χ3n) is 0.248. The monoisotopic (exact) mass is 118 g/mol. The average molecular weight is 118 g/mol. The quantitative estimate of drug-likeness (QED) is 0.305. The van der Waals surface area contributed by atoms with E-state index in [4.69, 9.17) is 5.73 Å². The number of hydrogen-bond donors (Lipinski definition) is 1. The molecule has 0 atom stereocenters. The molecular weight excluding hydrogens is 112 g/mol. The molecule has 0 aromatic heterocycles. The molecule has 7 heavy (non-hydrogen) atoms. The van der Waals surface area contributed by atoms with E-state index < -0.39 is 0 Å². The van der Waals surface area contributed by atoms with Crippen molar-refractivity contribution >= 4 is 23.6 Å². The molecule has 2 N–H and O–H groups in total. The Morgan fingerprint density at radius 1 is 2.00 bits per heavy atom. The standard InChI is InChI=1S/C3H6N2OS/c1-2-5-6-3(4)7/h2H,1H3,(H2,4,7). The zero-order chi connectivity index (χ0) is 5.70. The third kappa shape index (κ3) is 5.36. The molecule has 0 aromatic rings. The summed E-state index contributed by atoms with van der Waals surface area (Å²) in [7, 11) is 0. The van der Waals surface area contributed by atoms with Crippen molar-refractivity contribution in [2.24, 2.45) is 10.9 Å². The summed E-state index contributed by atoms with van der Waals surface area (Å²) in [6.07, 6.45) is 1.46. The van der Waals surface area contributed by atoms with Crippen molar-refractivity contribution in [2.75, 3.05) is 0 Å². The Hall–Kier alpha value is -0.640. The summed E-state index contributed by atoms with van der Waals surface area (Å²) < 4.78 is 0. The number of thiocarbonyl (C=S) groups is 1. The van der Waals surface area contributed by atoms with Crippen LogP contribution in [0.2, 0.25) is 0 Å². The summed E-state index contributed by atoms with van der Waals surface area (Å²) in [5.41, 5.74) is 4.87. The summed E-state index contributed by atoms with van der Waals surface area (Å²) in [5, 5.41) is 3.22. The van der Waals surface area contributed by atoms with Crippen LogP contribution < -0.4 is 5.73 Å². The molecule has 0 saturated carbocycles. The predicted molar refractivity (Wildman–Crippen MR) is 32.0 cm³/mol. The summed E-state index contributed by atoms with van der Waals surface area (Å²) in [4.78, 5) is 4.27. The van der Waals surface area contributed by atoms with E-state index in [0.717, 1.165) is 0 Å². The smallest absolute Gasteiger partial charge is 0.286 e. The Labute approximate surface area is 47.1 Å². The predicted octanol–water partition coefficient (Wildman–Crippen LogP) is 0.252. The van der Waals surface area contributed by atoms with Gasteiger partial charge in [0, 0.05) is 6.21 Å². The molecule has 3 nitrogen and oxygen atoms in total. The van der Waals surface area contributed by atoms with E-state index in [9.17, 15) is 0 Å². The molecule has 0 amide bonds. The second-order valence-electron chi connectivity index (χ2n) is 0.774. The van der Waals surface area contributed by atoms with Gasteiger partial charge in [0.1, 0.15) is 0 Å². The highest BCUT2D eigenvalue weighted by Crippen LogP contribution is 1.70. The van der Waals surface area contributed by atoms with Gasteiger partial charge in [-0.3, -0.25) is 0 Å². The summed E-state index contributed by atoms with van der Waals surface area (Å²) in [6.45, 7) is 1.71. The van der Waals surface area contributed by atoms with E-state index in [1.807, 2.05) is 0 Å². The number of oxime groups is 1. The fraction of sp³-hybridized carbons (Fsp3) is 0.333. The third-order valence-corrected chi connectivity index (χ3v) is 0.323. The van der Waals surface area contributed by atoms with Gasteiger partial charge in [-0.1, -0.05) is 5.16 Å². The van der Waals surface area contributed by atoms with Crippen molar-refractivity contribution in [3.63, 3.8) is 0 Å². The second kappa shape index (κ2) is 3.55. The van der Waals surface area contributed by atoms with Crippen molar-refractivity contribution in [1.29, 1.82) is 0 Å². The molecule has 0 fully saturated rings. The molecule has 4 heteroatoms. The van der Waals surface area contributed by atoms with Gasteiger partial charge in [0.2, 0.25) is 0 Å². The zero-order valence-corrected chi connectivity index (χ0v) is 4.73. The minimum absolute atomic E-state index is 0.0573. The fourth-order valence-corrected chi connectivity index (χ4v) is 0.148. The van der Waals surface area contributed by atoms with Crippen LogP contribution in [0.5, 0.6) is 0 Å². The fourth-order valence-electron chi connectivity index (χ4n) is 0.105. The van der Waals surface area contributed by atoms with Crippen LogP contribution in [0.1, 0.15) is 6.92 Å². The maximum atomic E-state index is 4.87. The van der Waals surface area contributed by atoms with Crippen LogP contribution in [-0.4, -0.2) is 11.4 Å².